The first kappa shape index (κ1) is 28.1. The average Bonchev–Trinajstić information content (AvgIpc) is 2.70. The van der Waals surface area contributed by atoms with Crippen LogP contribution in [0.5, 0.6) is 0 Å². The summed E-state index contributed by atoms with van der Waals surface area (Å²) in [5.74, 6) is 0. The first-order chi connectivity index (χ1) is 14.0. The maximum Gasteiger partial charge on any atom is 0.0128 e. The monoisotopic (exact) mass is 404 g/mol. The summed E-state index contributed by atoms with van der Waals surface area (Å²) in [6, 6.07) is 0.256. The van der Waals surface area contributed by atoms with E-state index < -0.39 is 0 Å². The molecule has 0 heterocycles. The molecule has 0 aliphatic heterocycles. The first-order valence-corrected chi connectivity index (χ1v) is 12.4. The Labute approximate surface area is 183 Å². The average molecular weight is 405 g/mol. The van der Waals surface area contributed by atoms with Crippen molar-refractivity contribution in [3.63, 3.8) is 0 Å². The Morgan fingerprint density at radius 1 is 0.759 bits per heavy atom. The molecule has 0 saturated carbocycles. The van der Waals surface area contributed by atoms with Crippen LogP contribution in [0.2, 0.25) is 0 Å². The van der Waals surface area contributed by atoms with E-state index in [2.05, 4.69) is 58.1 Å². The molecule has 1 unspecified atom stereocenters. The smallest absolute Gasteiger partial charge is 0.0128 e. The summed E-state index contributed by atoms with van der Waals surface area (Å²) in [6.45, 7) is 9.83. The van der Waals surface area contributed by atoms with Gasteiger partial charge in [-0.1, -0.05) is 101 Å². The molecule has 2 nitrogen and oxygen atoms in total. The normalized spacial score (nSPS) is 14.3. The second kappa shape index (κ2) is 19.1. The Hall–Kier alpha value is -0.860. The summed E-state index contributed by atoms with van der Waals surface area (Å²) >= 11 is 0. The van der Waals surface area contributed by atoms with Crippen molar-refractivity contribution < 1.29 is 0 Å². The highest BCUT2D eigenvalue weighted by Gasteiger charge is 2.27. The summed E-state index contributed by atoms with van der Waals surface area (Å²) in [5.41, 5.74) is 13.7. The molecular formula is C27H52N2. The molecule has 29 heavy (non-hydrogen) atoms. The van der Waals surface area contributed by atoms with E-state index in [1.165, 1.54) is 63.4 Å². The predicted octanol–water partition coefficient (Wildman–Crippen LogP) is 7.84. The van der Waals surface area contributed by atoms with Crippen molar-refractivity contribution >= 4 is 0 Å². The lowest BCUT2D eigenvalue weighted by atomic mass is 9.76. The summed E-state index contributed by atoms with van der Waals surface area (Å²) in [5, 5.41) is 0. The lowest BCUT2D eigenvalue weighted by molar-refractivity contribution is 0.321. The molecule has 0 aliphatic carbocycles. The molecule has 0 aromatic rings. The number of nitrogens with two attached hydrogens (primary N) is 2. The van der Waals surface area contributed by atoms with Gasteiger partial charge in [-0.25, -0.2) is 0 Å². The van der Waals surface area contributed by atoms with Crippen LogP contribution in [-0.2, 0) is 0 Å². The van der Waals surface area contributed by atoms with Crippen LogP contribution in [-0.4, -0.2) is 12.6 Å². The van der Waals surface area contributed by atoms with E-state index in [1.54, 1.807) is 0 Å². The number of rotatable bonds is 19. The first-order valence-electron chi connectivity index (χ1n) is 12.4. The summed E-state index contributed by atoms with van der Waals surface area (Å²) < 4.78 is 0. The highest BCUT2D eigenvalue weighted by atomic mass is 14.7. The minimum atomic E-state index is 0.0959. The van der Waals surface area contributed by atoms with Gasteiger partial charge in [0.2, 0.25) is 0 Å². The third kappa shape index (κ3) is 15.6. The Balaban J connectivity index is 3.91. The predicted molar refractivity (Wildman–Crippen MR) is 133 cm³/mol. The molecule has 0 bridgehead atoms. The Bertz CT molecular complexity index is 445. The van der Waals surface area contributed by atoms with Crippen molar-refractivity contribution in [2.24, 2.45) is 16.9 Å². The fourth-order valence-corrected chi connectivity index (χ4v) is 3.65. The van der Waals surface area contributed by atoms with Crippen LogP contribution in [0, 0.1) is 5.41 Å². The van der Waals surface area contributed by atoms with Crippen molar-refractivity contribution in [1.82, 2.24) is 0 Å². The van der Waals surface area contributed by atoms with Gasteiger partial charge in [0.25, 0.3) is 0 Å². The van der Waals surface area contributed by atoms with Crippen LogP contribution in [0.15, 0.2) is 36.0 Å². The summed E-state index contributed by atoms with van der Waals surface area (Å²) in [6.07, 6.45) is 29.0. The van der Waals surface area contributed by atoms with Crippen molar-refractivity contribution in [2.75, 3.05) is 6.54 Å². The van der Waals surface area contributed by atoms with Crippen LogP contribution in [0.25, 0.3) is 0 Å². The van der Waals surface area contributed by atoms with Gasteiger partial charge in [-0.15, -0.1) is 0 Å². The molecular weight excluding hydrogens is 352 g/mol. The van der Waals surface area contributed by atoms with E-state index in [9.17, 15) is 0 Å². The summed E-state index contributed by atoms with van der Waals surface area (Å²) in [4.78, 5) is 0. The second-order valence-corrected chi connectivity index (χ2v) is 9.17. The highest BCUT2D eigenvalue weighted by Crippen LogP contribution is 2.32. The standard InChI is InChI=1S/C27H52N2/c1-5-6-7-8-9-13-16-19-22-25(2)27(3,4)26(29)23-20-17-14-11-10-12-15-18-21-24-28/h5-6,9,13,22,26H,7-8,10-12,14-21,23-24,28-29H2,1-4H3/b6-5+,13-9+,25-22+. The van der Waals surface area contributed by atoms with Gasteiger partial charge in [-0.2, -0.15) is 0 Å². The second-order valence-electron chi connectivity index (χ2n) is 9.17. The molecule has 0 saturated heterocycles. The molecule has 170 valence electrons. The fourth-order valence-electron chi connectivity index (χ4n) is 3.65. The quantitative estimate of drug-likeness (QED) is 0.170. The van der Waals surface area contributed by atoms with E-state index in [-0.39, 0.29) is 11.5 Å². The van der Waals surface area contributed by atoms with Gasteiger partial charge in [0.1, 0.15) is 0 Å². The molecule has 0 rings (SSSR count). The SMILES string of the molecule is C/C=C/CC/C=C/CC/C=C(\C)C(C)(C)C(N)CCCCCCCCCCCN. The van der Waals surface area contributed by atoms with Gasteiger partial charge in [-0.05, 0) is 58.9 Å². The topological polar surface area (TPSA) is 52.0 Å². The Morgan fingerprint density at radius 2 is 1.24 bits per heavy atom. The largest absolute Gasteiger partial charge is 0.330 e. The maximum absolute atomic E-state index is 6.59. The lowest BCUT2D eigenvalue weighted by Gasteiger charge is -2.33. The Kier molecular flexibility index (Phi) is 18.6. The van der Waals surface area contributed by atoms with E-state index >= 15 is 0 Å². The van der Waals surface area contributed by atoms with E-state index in [4.69, 9.17) is 11.5 Å². The molecule has 4 N–H and O–H groups in total. The third-order valence-electron chi connectivity index (χ3n) is 6.35. The zero-order valence-corrected chi connectivity index (χ0v) is 20.2. The highest BCUT2D eigenvalue weighted by molar-refractivity contribution is 5.13. The van der Waals surface area contributed by atoms with Gasteiger partial charge in [-0.3, -0.25) is 0 Å². The molecule has 0 radical (unpaired) electrons. The van der Waals surface area contributed by atoms with Crippen LogP contribution in [0.3, 0.4) is 0 Å². The van der Waals surface area contributed by atoms with Crippen molar-refractivity contribution in [3.05, 3.63) is 36.0 Å². The molecule has 0 aromatic heterocycles. The van der Waals surface area contributed by atoms with Gasteiger partial charge < -0.3 is 11.5 Å². The van der Waals surface area contributed by atoms with Crippen LogP contribution in [0.1, 0.15) is 118 Å². The molecule has 0 amide bonds. The van der Waals surface area contributed by atoms with Crippen molar-refractivity contribution in [3.8, 4) is 0 Å². The minimum Gasteiger partial charge on any atom is -0.330 e. The fraction of sp³-hybridized carbons (Fsp3) is 0.778. The molecule has 1 atom stereocenters. The number of hydrogen-bond acceptors (Lipinski definition) is 2. The molecule has 0 spiro atoms. The van der Waals surface area contributed by atoms with Gasteiger partial charge in [0.15, 0.2) is 0 Å². The lowest BCUT2D eigenvalue weighted by Crippen LogP contribution is -2.38. The minimum absolute atomic E-state index is 0.0959. The van der Waals surface area contributed by atoms with Gasteiger partial charge in [0.05, 0.1) is 0 Å². The summed E-state index contributed by atoms with van der Waals surface area (Å²) in [7, 11) is 0. The van der Waals surface area contributed by atoms with E-state index in [1.807, 2.05) is 0 Å². The maximum atomic E-state index is 6.59. The van der Waals surface area contributed by atoms with Crippen molar-refractivity contribution in [2.45, 2.75) is 124 Å². The van der Waals surface area contributed by atoms with E-state index in [0.717, 1.165) is 38.6 Å². The number of allylic oxidation sites excluding steroid dienone is 5. The zero-order chi connectivity index (χ0) is 21.8. The third-order valence-corrected chi connectivity index (χ3v) is 6.35. The zero-order valence-electron chi connectivity index (χ0n) is 20.2. The Morgan fingerprint density at radius 3 is 1.79 bits per heavy atom. The van der Waals surface area contributed by atoms with E-state index in [0.29, 0.717) is 0 Å². The molecule has 2 heteroatoms. The van der Waals surface area contributed by atoms with Crippen LogP contribution >= 0.6 is 0 Å². The van der Waals surface area contributed by atoms with Gasteiger partial charge >= 0.3 is 0 Å². The molecule has 0 aliphatic rings. The number of hydrogen-bond donors (Lipinski definition) is 2. The molecule has 0 fully saturated rings. The van der Waals surface area contributed by atoms with Crippen LogP contribution in [0.4, 0.5) is 0 Å². The number of unbranched alkanes of at least 4 members (excludes halogenated alkanes) is 10. The molecule has 0 aromatic carbocycles. The van der Waals surface area contributed by atoms with Gasteiger partial charge in [0, 0.05) is 11.5 Å². The van der Waals surface area contributed by atoms with Crippen molar-refractivity contribution in [1.29, 1.82) is 0 Å². The van der Waals surface area contributed by atoms with Crippen LogP contribution < -0.4 is 11.5 Å².